The highest BCUT2D eigenvalue weighted by molar-refractivity contribution is 9.11. The molecule has 0 amide bonds. The van der Waals surface area contributed by atoms with Gasteiger partial charge in [0, 0.05) is 20.1 Å². The van der Waals surface area contributed by atoms with Crippen molar-refractivity contribution in [2.75, 3.05) is 7.11 Å². The van der Waals surface area contributed by atoms with E-state index in [1.54, 1.807) is 7.11 Å². The third kappa shape index (κ3) is 3.94. The highest BCUT2D eigenvalue weighted by atomic mass is 79.9. The zero-order valence-corrected chi connectivity index (χ0v) is 14.2. The van der Waals surface area contributed by atoms with E-state index in [4.69, 9.17) is 15.2 Å². The van der Waals surface area contributed by atoms with Crippen LogP contribution < -0.4 is 10.5 Å². The van der Waals surface area contributed by atoms with Crippen LogP contribution in [0.4, 0.5) is 0 Å². The predicted molar refractivity (Wildman–Crippen MR) is 83.4 cm³/mol. The second-order valence-electron chi connectivity index (χ2n) is 4.86. The normalized spacial score (nSPS) is 23.4. The van der Waals surface area contributed by atoms with Gasteiger partial charge in [-0.1, -0.05) is 0 Å². The van der Waals surface area contributed by atoms with Crippen LogP contribution in [0.5, 0.6) is 5.75 Å². The van der Waals surface area contributed by atoms with Crippen LogP contribution in [0.3, 0.4) is 0 Å². The Morgan fingerprint density at radius 3 is 2.42 bits per heavy atom. The number of hydrogen-bond acceptors (Lipinski definition) is 3. The standard InChI is InChI=1S/C14H19Br2NO2/c1-18-10-3-2-4-11(7-10)19-14-12(15)5-9(8-17)6-13(14)16/h5-6,10-11H,2-4,7-8,17H2,1H3. The van der Waals surface area contributed by atoms with Gasteiger partial charge in [0.1, 0.15) is 11.9 Å². The second-order valence-corrected chi connectivity index (χ2v) is 6.57. The summed E-state index contributed by atoms with van der Waals surface area (Å²) >= 11 is 7.11. The molecule has 2 rings (SSSR count). The number of methoxy groups -OCH3 is 1. The van der Waals surface area contributed by atoms with Gasteiger partial charge in [-0.05, 0) is 68.8 Å². The molecule has 19 heavy (non-hydrogen) atoms. The molecule has 3 nitrogen and oxygen atoms in total. The Kier molecular flexibility index (Phi) is 5.69. The Morgan fingerprint density at radius 1 is 1.21 bits per heavy atom. The van der Waals surface area contributed by atoms with Gasteiger partial charge in [-0.25, -0.2) is 0 Å². The molecule has 1 aromatic rings. The summed E-state index contributed by atoms with van der Waals surface area (Å²) in [5.74, 6) is 0.860. The fourth-order valence-corrected chi connectivity index (χ4v) is 3.90. The Hall–Kier alpha value is -0.100. The van der Waals surface area contributed by atoms with Gasteiger partial charge >= 0.3 is 0 Å². The highest BCUT2D eigenvalue weighted by Gasteiger charge is 2.24. The predicted octanol–water partition coefficient (Wildman–Crippen LogP) is 4.01. The van der Waals surface area contributed by atoms with E-state index in [-0.39, 0.29) is 6.10 Å². The number of benzene rings is 1. The van der Waals surface area contributed by atoms with E-state index in [1.807, 2.05) is 12.1 Å². The SMILES string of the molecule is COC1CCCC(Oc2c(Br)cc(CN)cc2Br)C1. The molecule has 2 N–H and O–H groups in total. The molecule has 1 saturated carbocycles. The van der Waals surface area contributed by atoms with Crippen molar-refractivity contribution in [2.45, 2.75) is 44.4 Å². The van der Waals surface area contributed by atoms with Crippen LogP contribution in [0.1, 0.15) is 31.2 Å². The molecule has 0 bridgehead atoms. The Balaban J connectivity index is 2.10. The lowest BCUT2D eigenvalue weighted by Gasteiger charge is -2.29. The minimum absolute atomic E-state index is 0.218. The van der Waals surface area contributed by atoms with Gasteiger partial charge in [-0.3, -0.25) is 0 Å². The van der Waals surface area contributed by atoms with E-state index in [1.165, 1.54) is 0 Å². The van der Waals surface area contributed by atoms with Gasteiger partial charge in [-0.15, -0.1) is 0 Å². The summed E-state index contributed by atoms with van der Waals surface area (Å²) in [5, 5.41) is 0. The topological polar surface area (TPSA) is 44.5 Å². The average Bonchev–Trinajstić information content (AvgIpc) is 2.42. The van der Waals surface area contributed by atoms with E-state index >= 15 is 0 Å². The third-order valence-electron chi connectivity index (χ3n) is 3.49. The molecular weight excluding hydrogens is 374 g/mol. The maximum absolute atomic E-state index is 6.13. The summed E-state index contributed by atoms with van der Waals surface area (Å²) in [5.41, 5.74) is 6.73. The van der Waals surface area contributed by atoms with Crippen molar-refractivity contribution in [1.82, 2.24) is 0 Å². The van der Waals surface area contributed by atoms with Gasteiger partial charge < -0.3 is 15.2 Å². The van der Waals surface area contributed by atoms with Gasteiger partial charge in [0.2, 0.25) is 0 Å². The molecule has 2 unspecified atom stereocenters. The highest BCUT2D eigenvalue weighted by Crippen LogP contribution is 2.37. The molecule has 1 fully saturated rings. The molecule has 5 heteroatoms. The summed E-state index contributed by atoms with van der Waals surface area (Å²) in [6, 6.07) is 4.02. The lowest BCUT2D eigenvalue weighted by Crippen LogP contribution is -2.29. The molecule has 0 heterocycles. The minimum Gasteiger partial charge on any atom is -0.488 e. The molecule has 1 aliphatic rings. The van der Waals surface area contributed by atoms with Crippen molar-refractivity contribution in [2.24, 2.45) is 5.73 Å². The monoisotopic (exact) mass is 391 g/mol. The molecule has 1 aromatic carbocycles. The fraction of sp³-hybridized carbons (Fsp3) is 0.571. The van der Waals surface area contributed by atoms with Crippen LogP contribution in [0, 0.1) is 0 Å². The average molecular weight is 393 g/mol. The van der Waals surface area contributed by atoms with Crippen molar-refractivity contribution in [3.05, 3.63) is 26.6 Å². The van der Waals surface area contributed by atoms with E-state index in [0.717, 1.165) is 45.9 Å². The number of hydrogen-bond donors (Lipinski definition) is 1. The maximum atomic E-state index is 6.13. The lowest BCUT2D eigenvalue weighted by molar-refractivity contribution is 0.0205. The quantitative estimate of drug-likeness (QED) is 0.841. The maximum Gasteiger partial charge on any atom is 0.148 e. The van der Waals surface area contributed by atoms with Crippen LogP contribution in [0.25, 0.3) is 0 Å². The first-order chi connectivity index (χ1) is 9.13. The van der Waals surface area contributed by atoms with Crippen LogP contribution in [-0.4, -0.2) is 19.3 Å². The summed E-state index contributed by atoms with van der Waals surface area (Å²) in [6.45, 7) is 0.520. The first-order valence-electron chi connectivity index (χ1n) is 6.51. The summed E-state index contributed by atoms with van der Waals surface area (Å²) in [4.78, 5) is 0. The first-order valence-corrected chi connectivity index (χ1v) is 8.10. The first kappa shape index (κ1) is 15.3. The number of rotatable bonds is 4. The van der Waals surface area contributed by atoms with Gasteiger partial charge in [0.05, 0.1) is 15.0 Å². The van der Waals surface area contributed by atoms with Crippen LogP contribution >= 0.6 is 31.9 Å². The second kappa shape index (κ2) is 7.07. The molecular formula is C14H19Br2NO2. The molecule has 0 saturated heterocycles. The number of ether oxygens (including phenoxy) is 2. The van der Waals surface area contributed by atoms with Crippen LogP contribution in [-0.2, 0) is 11.3 Å². The zero-order chi connectivity index (χ0) is 13.8. The fourth-order valence-electron chi connectivity index (χ4n) is 2.43. The van der Waals surface area contributed by atoms with E-state index < -0.39 is 0 Å². The van der Waals surface area contributed by atoms with Gasteiger partial charge in [0.25, 0.3) is 0 Å². The largest absolute Gasteiger partial charge is 0.488 e. The zero-order valence-electron chi connectivity index (χ0n) is 11.0. The van der Waals surface area contributed by atoms with E-state index in [0.29, 0.717) is 12.6 Å². The van der Waals surface area contributed by atoms with Crippen molar-refractivity contribution in [1.29, 1.82) is 0 Å². The smallest absolute Gasteiger partial charge is 0.148 e. The van der Waals surface area contributed by atoms with Crippen molar-refractivity contribution >= 4 is 31.9 Å². The van der Waals surface area contributed by atoms with Gasteiger partial charge in [-0.2, -0.15) is 0 Å². The lowest BCUT2D eigenvalue weighted by atomic mass is 9.95. The number of halogens is 2. The van der Waals surface area contributed by atoms with E-state index in [9.17, 15) is 0 Å². The molecule has 0 aromatic heterocycles. The Bertz CT molecular complexity index is 416. The molecule has 0 aliphatic heterocycles. The molecule has 2 atom stereocenters. The minimum atomic E-state index is 0.218. The molecule has 106 valence electrons. The Morgan fingerprint density at radius 2 is 1.84 bits per heavy atom. The summed E-state index contributed by atoms with van der Waals surface area (Å²) in [7, 11) is 1.77. The van der Waals surface area contributed by atoms with Crippen molar-refractivity contribution in [3.63, 3.8) is 0 Å². The van der Waals surface area contributed by atoms with Crippen molar-refractivity contribution in [3.8, 4) is 5.75 Å². The molecule has 1 aliphatic carbocycles. The van der Waals surface area contributed by atoms with Crippen molar-refractivity contribution < 1.29 is 9.47 Å². The van der Waals surface area contributed by atoms with Crippen LogP contribution in [0.2, 0.25) is 0 Å². The van der Waals surface area contributed by atoms with Crippen LogP contribution in [0.15, 0.2) is 21.1 Å². The molecule has 0 radical (unpaired) electrons. The Labute approximate surface area is 131 Å². The molecule has 0 spiro atoms. The number of nitrogens with two attached hydrogens (primary N) is 1. The third-order valence-corrected chi connectivity index (χ3v) is 4.67. The van der Waals surface area contributed by atoms with Gasteiger partial charge in [0.15, 0.2) is 0 Å². The summed E-state index contributed by atoms with van der Waals surface area (Å²) in [6.07, 6.45) is 4.85. The summed E-state index contributed by atoms with van der Waals surface area (Å²) < 4.78 is 13.5. The van der Waals surface area contributed by atoms with E-state index in [2.05, 4.69) is 31.9 Å².